The third-order valence-corrected chi connectivity index (χ3v) is 2.48. The highest BCUT2D eigenvalue weighted by Gasteiger charge is 2.31. The molecule has 0 atom stereocenters. The average Bonchev–Trinajstić information content (AvgIpc) is 2.69. The Kier molecular flexibility index (Phi) is 3.08. The SMILES string of the molecule is Cc1onc(-c2cncc(C(F)(F)F)c2)c1CO. The molecule has 0 saturated carbocycles. The first kappa shape index (κ1) is 12.6. The highest BCUT2D eigenvalue weighted by atomic mass is 19.4. The molecular formula is C11H9F3N2O2. The van der Waals surface area contributed by atoms with E-state index in [0.29, 0.717) is 11.3 Å². The Labute approximate surface area is 100 Å². The Morgan fingerprint density at radius 2 is 2.06 bits per heavy atom. The van der Waals surface area contributed by atoms with Crippen LogP contribution < -0.4 is 0 Å². The van der Waals surface area contributed by atoms with E-state index in [1.54, 1.807) is 6.92 Å². The summed E-state index contributed by atoms with van der Waals surface area (Å²) in [6.07, 6.45) is -2.50. The van der Waals surface area contributed by atoms with Gasteiger partial charge in [0.2, 0.25) is 0 Å². The van der Waals surface area contributed by atoms with Gasteiger partial charge in [0.05, 0.1) is 12.2 Å². The molecule has 2 heterocycles. The van der Waals surface area contributed by atoms with Gasteiger partial charge in [0.1, 0.15) is 11.5 Å². The predicted octanol–water partition coefficient (Wildman–Crippen LogP) is 2.56. The average molecular weight is 258 g/mol. The molecule has 0 aromatic carbocycles. The van der Waals surface area contributed by atoms with Crippen molar-refractivity contribution in [3.05, 3.63) is 35.3 Å². The van der Waals surface area contributed by atoms with Crippen LogP contribution in [0.15, 0.2) is 23.0 Å². The molecular weight excluding hydrogens is 249 g/mol. The molecule has 0 aliphatic carbocycles. The monoisotopic (exact) mass is 258 g/mol. The number of aliphatic hydroxyl groups excluding tert-OH is 1. The lowest BCUT2D eigenvalue weighted by atomic mass is 10.1. The van der Waals surface area contributed by atoms with Crippen LogP contribution in [0.1, 0.15) is 16.9 Å². The van der Waals surface area contributed by atoms with Gasteiger partial charge in [-0.3, -0.25) is 4.98 Å². The molecule has 0 spiro atoms. The molecule has 4 nitrogen and oxygen atoms in total. The lowest BCUT2D eigenvalue weighted by molar-refractivity contribution is -0.137. The predicted molar refractivity (Wildman–Crippen MR) is 55.4 cm³/mol. The second-order valence-electron chi connectivity index (χ2n) is 3.68. The van der Waals surface area contributed by atoms with Crippen molar-refractivity contribution in [2.75, 3.05) is 0 Å². The van der Waals surface area contributed by atoms with E-state index >= 15 is 0 Å². The zero-order chi connectivity index (χ0) is 13.3. The molecule has 2 rings (SSSR count). The fourth-order valence-corrected chi connectivity index (χ4v) is 1.53. The van der Waals surface area contributed by atoms with Crippen LogP contribution in [0.4, 0.5) is 13.2 Å². The summed E-state index contributed by atoms with van der Waals surface area (Å²) >= 11 is 0. The van der Waals surface area contributed by atoms with Gasteiger partial charge in [-0.2, -0.15) is 13.2 Å². The van der Waals surface area contributed by atoms with Crippen molar-refractivity contribution < 1.29 is 22.8 Å². The number of aryl methyl sites for hydroxylation is 1. The Balaban J connectivity index is 2.51. The molecule has 18 heavy (non-hydrogen) atoms. The largest absolute Gasteiger partial charge is 0.417 e. The van der Waals surface area contributed by atoms with E-state index in [1.807, 2.05) is 0 Å². The van der Waals surface area contributed by atoms with E-state index in [4.69, 9.17) is 9.63 Å². The van der Waals surface area contributed by atoms with Crippen molar-refractivity contribution in [3.8, 4) is 11.3 Å². The fourth-order valence-electron chi connectivity index (χ4n) is 1.53. The van der Waals surface area contributed by atoms with Crippen LogP contribution in [0.3, 0.4) is 0 Å². The number of nitrogens with zero attached hydrogens (tertiary/aromatic N) is 2. The minimum absolute atomic E-state index is 0.158. The minimum atomic E-state index is -4.47. The first-order chi connectivity index (χ1) is 8.43. The van der Waals surface area contributed by atoms with E-state index in [1.165, 1.54) is 6.20 Å². The van der Waals surface area contributed by atoms with Gasteiger partial charge in [-0.25, -0.2) is 0 Å². The van der Waals surface area contributed by atoms with Gasteiger partial charge in [-0.15, -0.1) is 0 Å². The van der Waals surface area contributed by atoms with E-state index in [0.717, 1.165) is 12.3 Å². The zero-order valence-electron chi connectivity index (χ0n) is 9.32. The van der Waals surface area contributed by atoms with Gasteiger partial charge < -0.3 is 9.63 Å². The smallest absolute Gasteiger partial charge is 0.391 e. The van der Waals surface area contributed by atoms with Crippen molar-refractivity contribution in [2.45, 2.75) is 19.7 Å². The summed E-state index contributed by atoms with van der Waals surface area (Å²) in [6, 6.07) is 0.920. The molecule has 0 saturated heterocycles. The number of pyridine rings is 1. The molecule has 96 valence electrons. The first-order valence-electron chi connectivity index (χ1n) is 5.02. The standard InChI is InChI=1S/C11H9F3N2O2/c1-6-9(5-17)10(16-18-6)7-2-8(4-15-3-7)11(12,13)14/h2-4,17H,5H2,1H3. The molecule has 0 aliphatic rings. The van der Waals surface area contributed by atoms with Crippen LogP contribution in [0, 0.1) is 6.92 Å². The Morgan fingerprint density at radius 1 is 1.33 bits per heavy atom. The van der Waals surface area contributed by atoms with Crippen LogP contribution >= 0.6 is 0 Å². The first-order valence-corrected chi connectivity index (χ1v) is 5.02. The topological polar surface area (TPSA) is 59.2 Å². The van der Waals surface area contributed by atoms with Crippen LogP contribution in [0.25, 0.3) is 11.3 Å². The summed E-state index contributed by atoms with van der Waals surface area (Å²) in [6.45, 7) is 1.21. The Bertz CT molecular complexity index is 564. The molecule has 0 bridgehead atoms. The van der Waals surface area contributed by atoms with Gasteiger partial charge in [0.15, 0.2) is 0 Å². The van der Waals surface area contributed by atoms with Gasteiger partial charge in [-0.05, 0) is 13.0 Å². The van der Waals surface area contributed by atoms with Gasteiger partial charge in [-0.1, -0.05) is 5.16 Å². The van der Waals surface area contributed by atoms with Crippen LogP contribution in [-0.2, 0) is 12.8 Å². The fraction of sp³-hybridized carbons (Fsp3) is 0.273. The van der Waals surface area contributed by atoms with E-state index in [9.17, 15) is 13.2 Å². The Morgan fingerprint density at radius 3 is 2.67 bits per heavy atom. The minimum Gasteiger partial charge on any atom is -0.391 e. The molecule has 7 heteroatoms. The molecule has 2 aromatic heterocycles. The molecule has 0 unspecified atom stereocenters. The Hall–Kier alpha value is -1.89. The molecule has 1 N–H and O–H groups in total. The number of hydrogen-bond acceptors (Lipinski definition) is 4. The summed E-state index contributed by atoms with van der Waals surface area (Å²) < 4.78 is 42.5. The molecule has 0 radical (unpaired) electrons. The lowest BCUT2D eigenvalue weighted by Gasteiger charge is -2.07. The molecule has 0 aliphatic heterocycles. The van der Waals surface area contributed by atoms with Gasteiger partial charge >= 0.3 is 6.18 Å². The second-order valence-corrected chi connectivity index (χ2v) is 3.68. The third kappa shape index (κ3) is 2.21. The summed E-state index contributed by atoms with van der Waals surface area (Å²) in [5, 5.41) is 12.8. The van der Waals surface area contributed by atoms with Crippen LogP contribution in [-0.4, -0.2) is 15.2 Å². The zero-order valence-corrected chi connectivity index (χ0v) is 9.32. The second kappa shape index (κ2) is 4.41. The van der Waals surface area contributed by atoms with Crippen molar-refractivity contribution in [1.29, 1.82) is 0 Å². The maximum atomic E-state index is 12.5. The number of rotatable bonds is 2. The van der Waals surface area contributed by atoms with Crippen LogP contribution in [0.5, 0.6) is 0 Å². The van der Waals surface area contributed by atoms with E-state index in [2.05, 4.69) is 10.1 Å². The van der Waals surface area contributed by atoms with Gasteiger partial charge in [0.25, 0.3) is 0 Å². The number of aromatic nitrogens is 2. The molecule has 0 amide bonds. The highest BCUT2D eigenvalue weighted by Crippen LogP contribution is 2.32. The van der Waals surface area contributed by atoms with E-state index < -0.39 is 11.7 Å². The maximum Gasteiger partial charge on any atom is 0.417 e. The number of alkyl halides is 3. The lowest BCUT2D eigenvalue weighted by Crippen LogP contribution is -2.05. The molecule has 2 aromatic rings. The number of aliphatic hydroxyl groups is 1. The number of halogens is 3. The van der Waals surface area contributed by atoms with Crippen molar-refractivity contribution in [2.24, 2.45) is 0 Å². The molecule has 0 fully saturated rings. The summed E-state index contributed by atoms with van der Waals surface area (Å²) in [7, 11) is 0. The third-order valence-electron chi connectivity index (χ3n) is 2.48. The van der Waals surface area contributed by atoms with Crippen LogP contribution in [0.2, 0.25) is 0 Å². The normalized spacial score (nSPS) is 11.8. The quantitative estimate of drug-likeness (QED) is 0.899. The van der Waals surface area contributed by atoms with Gasteiger partial charge in [0, 0.05) is 23.5 Å². The van der Waals surface area contributed by atoms with Crippen molar-refractivity contribution in [1.82, 2.24) is 10.1 Å². The van der Waals surface area contributed by atoms with Crippen molar-refractivity contribution >= 4 is 0 Å². The maximum absolute atomic E-state index is 12.5. The summed E-state index contributed by atoms with van der Waals surface area (Å²) in [5.74, 6) is 0.366. The number of hydrogen-bond donors (Lipinski definition) is 1. The van der Waals surface area contributed by atoms with E-state index in [-0.39, 0.29) is 17.9 Å². The van der Waals surface area contributed by atoms with Crippen molar-refractivity contribution in [3.63, 3.8) is 0 Å². The summed E-state index contributed by atoms with van der Waals surface area (Å²) in [4.78, 5) is 3.53. The summed E-state index contributed by atoms with van der Waals surface area (Å²) in [5.41, 5.74) is -0.181. The highest BCUT2D eigenvalue weighted by molar-refractivity contribution is 5.63.